The second-order valence-corrected chi connectivity index (χ2v) is 14.8. The molecule has 5 N–H and O–H groups in total. The van der Waals surface area contributed by atoms with Gasteiger partial charge in [0.25, 0.3) is 6.47 Å². The molecule has 0 saturated carbocycles. The minimum absolute atomic E-state index is 0. The molecular weight excluding hydrogens is 1100 g/mol. The number of methoxy groups -OCH3 is 4. The number of anilines is 5. The van der Waals surface area contributed by atoms with Crippen molar-refractivity contribution in [3.63, 3.8) is 0 Å². The molecule has 0 aliphatic rings. The molecule has 0 atom stereocenters. The first-order chi connectivity index (χ1) is 35.6. The van der Waals surface area contributed by atoms with Gasteiger partial charge in [-0.1, -0.05) is 12.1 Å². The van der Waals surface area contributed by atoms with E-state index in [2.05, 4.69) is 50.5 Å². The van der Waals surface area contributed by atoms with E-state index >= 15 is 0 Å². The van der Waals surface area contributed by atoms with E-state index in [1.807, 2.05) is 30.3 Å². The first-order valence-electron chi connectivity index (χ1n) is 19.9. The van der Waals surface area contributed by atoms with Gasteiger partial charge >= 0.3 is 114 Å². The van der Waals surface area contributed by atoms with Crippen LogP contribution in [0.15, 0.2) is 95.2 Å². The van der Waals surface area contributed by atoms with Gasteiger partial charge < -0.3 is 52.2 Å². The van der Waals surface area contributed by atoms with Crippen LogP contribution >= 0.6 is 35.1 Å². The molecule has 0 radical (unpaired) electrons. The number of nitriles is 3. The summed E-state index contributed by atoms with van der Waals surface area (Å²) in [7, 11) is 6.38. The Hall–Kier alpha value is -6.62. The van der Waals surface area contributed by atoms with Crippen LogP contribution in [0.25, 0.3) is 9.69 Å². The number of nitrogens with one attached hydrogen (secondary N) is 3. The Morgan fingerprint density at radius 3 is 1.61 bits per heavy atom. The summed E-state index contributed by atoms with van der Waals surface area (Å²) in [5.41, 5.74) is 10.5. The van der Waals surface area contributed by atoms with Gasteiger partial charge in [0.15, 0.2) is 21.4 Å². The molecule has 2 aromatic heterocycles. The fourth-order valence-corrected chi connectivity index (χ4v) is 6.47. The molecule has 6 aromatic rings. The molecule has 0 unspecified atom stereocenters. The van der Waals surface area contributed by atoms with E-state index in [4.69, 9.17) is 75.3 Å². The minimum atomic E-state index is -0.671. The standard InChI is InChI=1S/C21H17N7O4S.C16H17N3O2.C5HClN4O2S.C2H3N.CH2O3.2K.H/c1-23-14-5-7-16(24-10-13-4-6-15(31-2)9-19(13)32-3)17(8-14)26-21-25-11-18(28(29)30)20(27-21)33-12-22;1-18-12-5-7-15(14(17)8-12)19-10-11-4-6-13(20-2)9-16(11)21-3;6-5-8-1-3(10(11)12)4(9-5)13-2-7;1-2-3;2-1-4-3;;;/h4-9,11,24H,10H2,2-3H3,(H,25,26,27);4-9,19H,10,17H2,2-3H3;1H;1H3;1,3H;;;/q;;;;;2*+1;-1/p-1. The SMILES string of the molecule is CC#N.N#CSc1nc(Cl)ncc1[N+](=O)[O-].O=CO[O-].[C-]#[N+]c1ccc(NCc2ccc(OC)cc2OC)c(N)c1.[C-]#[N+]c1ccc(NCc2ccc(OC)cc2OC)c(Nc2ncc([N+](=O)[O-])c(SC#N)n2)c1.[H-].[K+].[K+]. The molecule has 76 heavy (non-hydrogen) atoms. The molecule has 6 rings (SSSR count). The molecular formula is C45H40ClK2N15O11S2. The normalized spacial score (nSPS) is 8.97. The first kappa shape index (κ1) is 69.4. The van der Waals surface area contributed by atoms with Crippen molar-refractivity contribution in [1.82, 2.24) is 19.9 Å². The van der Waals surface area contributed by atoms with E-state index in [9.17, 15) is 20.2 Å². The van der Waals surface area contributed by atoms with Crippen molar-refractivity contribution in [1.29, 1.82) is 15.8 Å². The van der Waals surface area contributed by atoms with E-state index in [0.717, 1.165) is 40.7 Å². The molecule has 4 aromatic carbocycles. The van der Waals surface area contributed by atoms with Crippen LogP contribution in [0.1, 0.15) is 19.5 Å². The van der Waals surface area contributed by atoms with Gasteiger partial charge in [0.05, 0.1) is 74.6 Å². The van der Waals surface area contributed by atoms with Crippen LogP contribution in [0.5, 0.6) is 23.0 Å². The zero-order valence-electron chi connectivity index (χ0n) is 42.3. The van der Waals surface area contributed by atoms with Crippen molar-refractivity contribution in [3.8, 4) is 39.9 Å². The van der Waals surface area contributed by atoms with Crippen molar-refractivity contribution in [2.45, 2.75) is 30.1 Å². The summed E-state index contributed by atoms with van der Waals surface area (Å²) in [6, 6.07) is 23.0. The number of nitrogen functional groups attached to an aromatic ring is 1. The molecule has 0 saturated heterocycles. The Morgan fingerprint density at radius 1 is 0.737 bits per heavy atom. The van der Waals surface area contributed by atoms with Gasteiger partial charge in [-0.05, 0) is 60.1 Å². The summed E-state index contributed by atoms with van der Waals surface area (Å²) >= 11 is 6.53. The summed E-state index contributed by atoms with van der Waals surface area (Å²) in [6.45, 7) is 16.5. The number of thioether (sulfide) groups is 2. The molecule has 382 valence electrons. The quantitative estimate of drug-likeness (QED) is 0.00871. The van der Waals surface area contributed by atoms with Crippen LogP contribution < -0.4 is 149 Å². The molecule has 31 heteroatoms. The second kappa shape index (κ2) is 38.9. The third-order valence-corrected chi connectivity index (χ3v) is 9.98. The predicted octanol–water partition coefficient (Wildman–Crippen LogP) is 3.03. The predicted molar refractivity (Wildman–Crippen MR) is 272 cm³/mol. The van der Waals surface area contributed by atoms with Gasteiger partial charge in [0.1, 0.15) is 46.2 Å². The number of hydrogen-bond acceptors (Lipinski definition) is 24. The van der Waals surface area contributed by atoms with E-state index in [-0.39, 0.29) is 143 Å². The smallest absolute Gasteiger partial charge is 1.00 e. The topological polar surface area (TPSA) is 366 Å². The zero-order valence-corrected chi connectivity index (χ0v) is 49.9. The van der Waals surface area contributed by atoms with Crippen LogP contribution in [0.3, 0.4) is 0 Å². The fourth-order valence-electron chi connectivity index (χ4n) is 5.38. The average Bonchev–Trinajstić information content (AvgIpc) is 3.40. The van der Waals surface area contributed by atoms with Crippen LogP contribution in [0.4, 0.5) is 51.4 Å². The van der Waals surface area contributed by atoms with Gasteiger partial charge in [-0.25, -0.2) is 24.6 Å². The summed E-state index contributed by atoms with van der Waals surface area (Å²) in [5, 5.41) is 67.2. The van der Waals surface area contributed by atoms with E-state index in [0.29, 0.717) is 76.5 Å². The Bertz CT molecular complexity index is 3130. The van der Waals surface area contributed by atoms with Crippen molar-refractivity contribution < 1.29 is 148 Å². The van der Waals surface area contributed by atoms with Gasteiger partial charge in [0.2, 0.25) is 11.2 Å². The molecule has 0 aliphatic carbocycles. The maximum atomic E-state index is 11.1. The van der Waals surface area contributed by atoms with Crippen molar-refractivity contribution >= 4 is 93.0 Å². The number of carbonyl (C=O) groups is 1. The number of ether oxygens (including phenoxy) is 4. The van der Waals surface area contributed by atoms with Gasteiger partial charge in [0, 0.05) is 72.5 Å². The van der Waals surface area contributed by atoms with Crippen molar-refractivity contribution in [3.05, 3.63) is 145 Å². The van der Waals surface area contributed by atoms with Crippen LogP contribution in [0, 0.1) is 66.0 Å². The summed E-state index contributed by atoms with van der Waals surface area (Å²) in [6.07, 6.45) is 2.00. The number of nitrogens with zero attached hydrogens (tertiary/aromatic N) is 11. The number of hydrogen-bond donors (Lipinski definition) is 4. The maximum absolute atomic E-state index is 11.1. The molecule has 0 aliphatic heterocycles. The summed E-state index contributed by atoms with van der Waals surface area (Å²) in [5.74, 6) is 2.85. The molecule has 0 fully saturated rings. The average molecular weight is 1140 g/mol. The number of rotatable bonds is 17. The third kappa shape index (κ3) is 23.5. The number of carbonyl (C=O) groups excluding carboxylic acids is 1. The van der Waals surface area contributed by atoms with E-state index in [1.165, 1.54) is 6.92 Å². The van der Waals surface area contributed by atoms with Gasteiger partial charge in [-0.3, -0.25) is 25.0 Å². The monoisotopic (exact) mass is 1140 g/mol. The van der Waals surface area contributed by atoms with Crippen LogP contribution in [-0.4, -0.2) is 64.7 Å². The zero-order chi connectivity index (χ0) is 55.0. The number of aromatic nitrogens is 4. The molecule has 0 amide bonds. The number of nitro groups is 2. The molecule has 2 heterocycles. The largest absolute Gasteiger partial charge is 1.00 e. The summed E-state index contributed by atoms with van der Waals surface area (Å²) in [4.78, 5) is 53.2. The molecule has 0 spiro atoms. The maximum Gasteiger partial charge on any atom is 1.00 e. The number of halogens is 1. The Morgan fingerprint density at radius 2 is 1.18 bits per heavy atom. The Kier molecular flexibility index (Phi) is 35.5. The van der Waals surface area contributed by atoms with Crippen molar-refractivity contribution in [2.75, 3.05) is 50.1 Å². The van der Waals surface area contributed by atoms with Gasteiger partial charge in [-0.2, -0.15) is 20.8 Å². The van der Waals surface area contributed by atoms with Gasteiger partial charge in [-0.15, -0.1) is 0 Å². The molecule has 26 nitrogen and oxygen atoms in total. The first-order valence-corrected chi connectivity index (χ1v) is 21.9. The van der Waals surface area contributed by atoms with E-state index in [1.54, 1.807) is 87.8 Å². The number of benzene rings is 4. The third-order valence-electron chi connectivity index (χ3n) is 8.63. The Balaban J connectivity index is 0. The summed E-state index contributed by atoms with van der Waals surface area (Å²) < 4.78 is 21.2. The number of nitrogens with two attached hydrogens (primary N) is 1. The van der Waals surface area contributed by atoms with Crippen LogP contribution in [0.2, 0.25) is 5.28 Å². The fraction of sp³-hybridized carbons (Fsp3) is 0.156. The van der Waals surface area contributed by atoms with E-state index < -0.39 is 9.85 Å². The Labute approximate surface area is 534 Å². The number of thiocyanates is 2. The second-order valence-electron chi connectivity index (χ2n) is 12.9. The minimum Gasteiger partial charge on any atom is -1.00 e. The van der Waals surface area contributed by atoms with Crippen molar-refractivity contribution in [2.24, 2.45) is 0 Å². The van der Waals surface area contributed by atoms with Crippen LogP contribution in [-0.2, 0) is 22.8 Å². The molecule has 0 bridgehead atoms.